The number of aromatic amines is 1. The highest BCUT2D eigenvalue weighted by Crippen LogP contribution is 2.76. The number of carboxylic acids is 1. The lowest BCUT2D eigenvalue weighted by molar-refractivity contribution is -0.144. The van der Waals surface area contributed by atoms with E-state index in [1.165, 1.54) is 35.2 Å². The molecule has 3 aromatic rings. The smallest absolute Gasteiger partial charge is 0.407 e. The van der Waals surface area contributed by atoms with Crippen molar-refractivity contribution in [3.63, 3.8) is 0 Å². The van der Waals surface area contributed by atoms with Gasteiger partial charge >= 0.3 is 12.1 Å². The average Bonchev–Trinajstić information content (AvgIpc) is 3.54. The predicted octanol–water partition coefficient (Wildman–Crippen LogP) is 7.08. The van der Waals surface area contributed by atoms with Crippen molar-refractivity contribution in [2.75, 3.05) is 25.5 Å². The van der Waals surface area contributed by atoms with E-state index in [-0.39, 0.29) is 29.4 Å². The lowest BCUT2D eigenvalue weighted by atomic mass is 9.71. The van der Waals surface area contributed by atoms with E-state index in [1.807, 2.05) is 19.2 Å². The maximum atomic E-state index is 12.7. The minimum Gasteiger partial charge on any atom is -0.495 e. The molecule has 1 saturated heterocycles. The summed E-state index contributed by atoms with van der Waals surface area (Å²) in [5, 5.41) is 21.3. The molecular weight excluding hydrogens is 784 g/mol. The summed E-state index contributed by atoms with van der Waals surface area (Å²) in [6, 6.07) is 3.37. The van der Waals surface area contributed by atoms with Gasteiger partial charge in [0, 0.05) is 46.7 Å². The molecule has 16 heteroatoms. The lowest BCUT2D eigenvalue weighted by Gasteiger charge is -2.35. The topological polar surface area (TPSA) is 192 Å². The Bertz CT molecular complexity index is 2050. The zero-order chi connectivity index (χ0) is 42.5. The summed E-state index contributed by atoms with van der Waals surface area (Å²) < 4.78 is 10.8. The van der Waals surface area contributed by atoms with Gasteiger partial charge in [-0.25, -0.2) is 14.6 Å². The third-order valence-corrected chi connectivity index (χ3v) is 12.4. The van der Waals surface area contributed by atoms with Gasteiger partial charge in [-0.3, -0.25) is 14.4 Å². The second kappa shape index (κ2) is 19.0. The average molecular weight is 841 g/mol. The Morgan fingerprint density at radius 1 is 1.14 bits per heavy atom. The van der Waals surface area contributed by atoms with Crippen LogP contribution in [0.25, 0.3) is 22.3 Å². The van der Waals surface area contributed by atoms with Gasteiger partial charge in [-0.05, 0) is 76.3 Å². The number of methoxy groups -OCH3 is 1. The molecule has 5 N–H and O–H groups in total. The van der Waals surface area contributed by atoms with Crippen molar-refractivity contribution in [1.82, 2.24) is 25.5 Å². The quantitative estimate of drug-likeness (QED) is 0.118. The number of thiazole rings is 1. The molecular formula is C42H57ClN6O8S. The fourth-order valence-corrected chi connectivity index (χ4v) is 9.42. The van der Waals surface area contributed by atoms with E-state index in [0.717, 1.165) is 23.9 Å². The number of H-pyrrole nitrogens is 1. The molecule has 316 valence electrons. The Kier molecular flexibility index (Phi) is 14.5. The van der Waals surface area contributed by atoms with Gasteiger partial charge in [-0.2, -0.15) is 0 Å². The monoisotopic (exact) mass is 840 g/mol. The molecule has 3 amide bonds. The largest absolute Gasteiger partial charge is 0.495 e. The number of likely N-dealkylation sites (tertiary alicyclic amines) is 1. The summed E-state index contributed by atoms with van der Waals surface area (Å²) >= 11 is 7.82. The van der Waals surface area contributed by atoms with Crippen molar-refractivity contribution in [3.05, 3.63) is 51.5 Å². The van der Waals surface area contributed by atoms with Crippen LogP contribution in [-0.4, -0.2) is 88.3 Å². The van der Waals surface area contributed by atoms with Crippen LogP contribution in [0.15, 0.2) is 41.0 Å². The van der Waals surface area contributed by atoms with Crippen LogP contribution in [0.3, 0.4) is 0 Å². The number of amides is 3. The van der Waals surface area contributed by atoms with Gasteiger partial charge in [0.05, 0.1) is 24.0 Å². The van der Waals surface area contributed by atoms with E-state index in [1.54, 1.807) is 32.2 Å². The van der Waals surface area contributed by atoms with Gasteiger partial charge in [0.15, 0.2) is 10.6 Å². The minimum atomic E-state index is -1.15. The van der Waals surface area contributed by atoms with Crippen LogP contribution in [0.5, 0.6) is 5.75 Å². The van der Waals surface area contributed by atoms with Crippen molar-refractivity contribution >= 4 is 62.8 Å². The van der Waals surface area contributed by atoms with E-state index >= 15 is 0 Å². The van der Waals surface area contributed by atoms with Crippen LogP contribution in [-0.2, 0) is 19.1 Å². The first-order valence-electron chi connectivity index (χ1n) is 20.0. The number of aliphatic carboxylic acids is 1. The molecule has 2 aromatic heterocycles. The number of nitrogens with one attached hydrogen (secondary N) is 4. The fraction of sp³-hybridized carbons (Fsp3) is 0.571. The summed E-state index contributed by atoms with van der Waals surface area (Å²) in [5.41, 5.74) is 2.01. The number of anilines is 1. The number of nitrogens with zero attached hydrogens (tertiary/aromatic N) is 2. The summed E-state index contributed by atoms with van der Waals surface area (Å²) in [4.78, 5) is 70.4. The molecule has 7 rings (SSSR count). The molecule has 1 aliphatic heterocycles. The van der Waals surface area contributed by atoms with Gasteiger partial charge in [0.25, 0.3) is 0 Å². The minimum absolute atomic E-state index is 0.0137. The zero-order valence-corrected chi connectivity index (χ0v) is 35.9. The van der Waals surface area contributed by atoms with E-state index in [0.29, 0.717) is 70.3 Å². The molecule has 1 aromatic carbocycles. The number of hydrogen-bond acceptors (Lipinski definition) is 10. The standard InChI is InChI=1S/C22H31N3O6.C16H16ClN3O2S.C4H10/c1-3-12(2)17(20(28)29)24-19(27)15-5-4-10-25(15)16(26)11-23-21(30)31-18-14-7-6-13-8-9-22(13,14)18;1-8(2)18-16-20-11(7-23-16)10-6-12(21)9-4-5-13(22-3)14(17)15(9)19-10;1-4(2)3/h3,12-15,17-18H,1,4-11H2,2H3,(H,23,30)(H,24,27)(H,28,29);4-8H,1-3H3,(H,18,20)(H,19,21);4H,1-3H3. The number of carboxylic acid groups (broad SMARTS) is 1. The maximum Gasteiger partial charge on any atom is 0.407 e. The SMILES string of the molecule is C=CC(C)C(NC(=O)C1CCCN1C(=O)CNC(=O)OC1C2CCC3CCC321)C(=O)O.CC(C)C.COc1ccc2c(=O)cc(-c3csc(NC(C)C)n3)[nH]c2c1Cl. The number of rotatable bonds is 12. The zero-order valence-electron chi connectivity index (χ0n) is 34.4. The molecule has 0 bridgehead atoms. The molecule has 14 nitrogen and oxygen atoms in total. The van der Waals surface area contributed by atoms with E-state index < -0.39 is 36.0 Å². The van der Waals surface area contributed by atoms with E-state index in [9.17, 15) is 29.1 Å². The van der Waals surface area contributed by atoms with E-state index in [4.69, 9.17) is 21.1 Å². The molecule has 4 aliphatic rings. The van der Waals surface area contributed by atoms with Crippen molar-refractivity contribution < 1.29 is 33.8 Å². The number of alkyl carbamates (subject to hydrolysis) is 1. The maximum absolute atomic E-state index is 12.7. The Morgan fingerprint density at radius 3 is 2.47 bits per heavy atom. The third-order valence-electron chi connectivity index (χ3n) is 11.3. The Hall–Kier alpha value is -4.63. The molecule has 3 heterocycles. The molecule has 7 atom stereocenters. The number of hydrogen-bond donors (Lipinski definition) is 5. The van der Waals surface area contributed by atoms with Crippen molar-refractivity contribution in [3.8, 4) is 17.1 Å². The number of ether oxygens (including phenoxy) is 2. The molecule has 7 unspecified atom stereocenters. The molecule has 0 radical (unpaired) electrons. The second-order valence-electron chi connectivity index (χ2n) is 16.5. The molecule has 4 fully saturated rings. The van der Waals surface area contributed by atoms with Crippen LogP contribution < -0.4 is 26.1 Å². The number of carbonyl (C=O) groups is 4. The lowest BCUT2D eigenvalue weighted by Crippen LogP contribution is -2.53. The Balaban J connectivity index is 0.000000210. The first-order valence-corrected chi connectivity index (χ1v) is 21.3. The highest BCUT2D eigenvalue weighted by Gasteiger charge is 2.77. The molecule has 58 heavy (non-hydrogen) atoms. The van der Waals surface area contributed by atoms with Gasteiger partial charge in [-0.15, -0.1) is 17.9 Å². The first-order chi connectivity index (χ1) is 27.5. The summed E-state index contributed by atoms with van der Waals surface area (Å²) in [7, 11) is 1.54. The van der Waals surface area contributed by atoms with Crippen molar-refractivity contribution in [1.29, 1.82) is 0 Å². The number of benzene rings is 1. The highest BCUT2D eigenvalue weighted by molar-refractivity contribution is 7.14. The molecule has 1 spiro atoms. The van der Waals surface area contributed by atoms with Crippen LogP contribution in [0, 0.1) is 29.1 Å². The van der Waals surface area contributed by atoms with Gasteiger partial charge in [-0.1, -0.05) is 45.4 Å². The Morgan fingerprint density at radius 2 is 1.86 bits per heavy atom. The van der Waals surface area contributed by atoms with Crippen LogP contribution >= 0.6 is 22.9 Å². The van der Waals surface area contributed by atoms with Crippen LogP contribution in [0.1, 0.15) is 80.1 Å². The number of fused-ring (bicyclic) bond motifs is 1. The van der Waals surface area contributed by atoms with E-state index in [2.05, 4.69) is 53.3 Å². The van der Waals surface area contributed by atoms with Gasteiger partial charge < -0.3 is 40.4 Å². The fourth-order valence-electron chi connectivity index (χ4n) is 8.27. The summed E-state index contributed by atoms with van der Waals surface area (Å²) in [6.07, 6.45) is 6.66. The summed E-state index contributed by atoms with van der Waals surface area (Å²) in [5.74, 6) is 0.0367. The third kappa shape index (κ3) is 9.79. The number of carbonyl (C=O) groups excluding carboxylic acids is 3. The number of pyridine rings is 1. The molecule has 3 aliphatic carbocycles. The molecule has 3 saturated carbocycles. The number of aromatic nitrogens is 2. The Labute approximate surface area is 348 Å². The normalized spacial score (nSPS) is 23.4. The summed E-state index contributed by atoms with van der Waals surface area (Å²) in [6.45, 7) is 16.0. The second-order valence-corrected chi connectivity index (χ2v) is 17.7. The van der Waals surface area contributed by atoms with Crippen molar-refractivity contribution in [2.45, 2.75) is 104 Å². The first kappa shape index (κ1) is 44.5. The highest BCUT2D eigenvalue weighted by atomic mass is 35.5. The van der Waals surface area contributed by atoms with Gasteiger partial charge in [0.2, 0.25) is 11.8 Å². The van der Waals surface area contributed by atoms with Crippen molar-refractivity contribution in [2.24, 2.45) is 29.1 Å². The predicted molar refractivity (Wildman–Crippen MR) is 226 cm³/mol. The van der Waals surface area contributed by atoms with Crippen LogP contribution in [0.2, 0.25) is 5.02 Å². The number of halogens is 1. The van der Waals surface area contributed by atoms with Gasteiger partial charge in [0.1, 0.15) is 35.5 Å². The van der Waals surface area contributed by atoms with Crippen LogP contribution in [0.4, 0.5) is 9.93 Å².